The summed E-state index contributed by atoms with van der Waals surface area (Å²) >= 11 is 0. The van der Waals surface area contributed by atoms with E-state index in [0.29, 0.717) is 38.4 Å². The predicted octanol–water partition coefficient (Wildman–Crippen LogP) is 2.52. The zero-order chi connectivity index (χ0) is 23.1. The fourth-order valence-electron chi connectivity index (χ4n) is 3.62. The molecule has 0 unspecified atom stereocenters. The van der Waals surface area contributed by atoms with Crippen molar-refractivity contribution in [3.63, 3.8) is 0 Å². The molecule has 1 heterocycles. The number of piperazine rings is 1. The van der Waals surface area contributed by atoms with Crippen molar-refractivity contribution in [3.8, 4) is 0 Å². The molecular formula is C24H31N5O3. The largest absolute Gasteiger partial charge is 0.325 e. The maximum absolute atomic E-state index is 12.3. The van der Waals surface area contributed by atoms with Gasteiger partial charge >= 0.3 is 6.03 Å². The first-order chi connectivity index (χ1) is 15.3. The summed E-state index contributed by atoms with van der Waals surface area (Å²) in [6, 6.07) is 12.9. The van der Waals surface area contributed by atoms with Crippen molar-refractivity contribution in [2.45, 2.75) is 20.8 Å². The summed E-state index contributed by atoms with van der Waals surface area (Å²) in [5.74, 6) is -0.402. The van der Waals surface area contributed by atoms with Gasteiger partial charge in [-0.25, -0.2) is 4.79 Å². The van der Waals surface area contributed by atoms with Crippen LogP contribution in [0.5, 0.6) is 0 Å². The second kappa shape index (κ2) is 10.9. The van der Waals surface area contributed by atoms with E-state index in [2.05, 4.69) is 20.9 Å². The van der Waals surface area contributed by atoms with E-state index in [4.69, 9.17) is 0 Å². The highest BCUT2D eigenvalue weighted by atomic mass is 16.2. The molecule has 3 N–H and O–H groups in total. The fraction of sp³-hybridized carbons (Fsp3) is 0.375. The Hall–Kier alpha value is -3.23. The van der Waals surface area contributed by atoms with Crippen LogP contribution in [0.4, 0.5) is 16.2 Å². The van der Waals surface area contributed by atoms with E-state index in [0.717, 1.165) is 22.4 Å². The van der Waals surface area contributed by atoms with Gasteiger partial charge in [-0.1, -0.05) is 35.4 Å². The summed E-state index contributed by atoms with van der Waals surface area (Å²) in [6.07, 6.45) is 0. The Morgan fingerprint density at radius 3 is 1.91 bits per heavy atom. The molecule has 170 valence electrons. The number of hydrogen-bond acceptors (Lipinski definition) is 5. The Balaban J connectivity index is 1.36. The van der Waals surface area contributed by atoms with Crippen LogP contribution < -0.4 is 16.0 Å². The predicted molar refractivity (Wildman–Crippen MR) is 126 cm³/mol. The van der Waals surface area contributed by atoms with Gasteiger partial charge in [0.05, 0.1) is 13.1 Å². The number of aryl methyl sites for hydroxylation is 3. The first-order valence-electron chi connectivity index (χ1n) is 10.8. The molecule has 1 aliphatic rings. The lowest BCUT2D eigenvalue weighted by Gasteiger charge is -2.33. The number of carbonyl (C=O) groups is 3. The van der Waals surface area contributed by atoms with Gasteiger partial charge in [0.1, 0.15) is 0 Å². The summed E-state index contributed by atoms with van der Waals surface area (Å²) in [4.78, 5) is 40.7. The van der Waals surface area contributed by atoms with E-state index >= 15 is 0 Å². The van der Waals surface area contributed by atoms with Gasteiger partial charge < -0.3 is 10.6 Å². The Morgan fingerprint density at radius 2 is 1.31 bits per heavy atom. The van der Waals surface area contributed by atoms with E-state index in [1.165, 1.54) is 0 Å². The number of amides is 4. The van der Waals surface area contributed by atoms with Crippen molar-refractivity contribution in [3.05, 3.63) is 59.2 Å². The van der Waals surface area contributed by atoms with Gasteiger partial charge in [0.25, 0.3) is 0 Å². The molecule has 2 aromatic rings. The van der Waals surface area contributed by atoms with Crippen LogP contribution in [0.15, 0.2) is 42.5 Å². The Kier molecular flexibility index (Phi) is 7.97. The average Bonchev–Trinajstić information content (AvgIpc) is 2.73. The molecule has 4 amide bonds. The van der Waals surface area contributed by atoms with Crippen molar-refractivity contribution >= 4 is 29.2 Å². The molecule has 0 atom stereocenters. The van der Waals surface area contributed by atoms with Crippen LogP contribution >= 0.6 is 0 Å². The van der Waals surface area contributed by atoms with E-state index in [9.17, 15) is 14.4 Å². The Bertz CT molecular complexity index is 966. The molecule has 32 heavy (non-hydrogen) atoms. The van der Waals surface area contributed by atoms with Crippen LogP contribution in [0.3, 0.4) is 0 Å². The van der Waals surface area contributed by atoms with Gasteiger partial charge in [0.15, 0.2) is 0 Å². The van der Waals surface area contributed by atoms with Gasteiger partial charge in [0, 0.05) is 37.6 Å². The third-order valence-electron chi connectivity index (χ3n) is 5.42. The molecular weight excluding hydrogens is 406 g/mol. The topological polar surface area (TPSA) is 93.8 Å². The minimum atomic E-state index is -0.534. The number of nitrogens with zero attached hydrogens (tertiary/aromatic N) is 2. The molecule has 1 fully saturated rings. The molecule has 0 saturated carbocycles. The maximum Gasteiger partial charge on any atom is 0.325 e. The van der Waals surface area contributed by atoms with Crippen molar-refractivity contribution in [2.24, 2.45) is 0 Å². The standard InChI is InChI=1S/C24H31N5O3/c1-17-4-7-20(8-5-17)25-22(30)15-28-10-12-29(13-11-28)16-23(31)27-24(32)26-21-9-6-18(2)14-19(21)3/h4-9,14H,10-13,15-16H2,1-3H3,(H,25,30)(H2,26,27,31,32). The Morgan fingerprint density at radius 1 is 0.750 bits per heavy atom. The minimum Gasteiger partial charge on any atom is -0.325 e. The number of benzene rings is 2. The smallest absolute Gasteiger partial charge is 0.325 e. The molecule has 0 aliphatic carbocycles. The number of urea groups is 1. The second-order valence-corrected chi connectivity index (χ2v) is 8.29. The molecule has 3 rings (SSSR count). The molecule has 8 nitrogen and oxygen atoms in total. The number of hydrogen-bond donors (Lipinski definition) is 3. The molecule has 8 heteroatoms. The molecule has 0 radical (unpaired) electrons. The minimum absolute atomic E-state index is 0.0527. The Labute approximate surface area is 189 Å². The normalized spacial score (nSPS) is 14.6. The van der Waals surface area contributed by atoms with Gasteiger partial charge in [-0.15, -0.1) is 0 Å². The number of carbonyl (C=O) groups excluding carboxylic acids is 3. The monoisotopic (exact) mass is 437 g/mol. The van der Waals surface area contributed by atoms with Gasteiger partial charge in [-0.3, -0.25) is 24.7 Å². The van der Waals surface area contributed by atoms with E-state index in [1.807, 2.05) is 68.1 Å². The lowest BCUT2D eigenvalue weighted by atomic mass is 10.1. The van der Waals surface area contributed by atoms with Crippen LogP contribution in [0.1, 0.15) is 16.7 Å². The fourth-order valence-corrected chi connectivity index (χ4v) is 3.62. The second-order valence-electron chi connectivity index (χ2n) is 8.29. The SMILES string of the molecule is Cc1ccc(NC(=O)CN2CCN(CC(=O)NC(=O)Nc3ccc(C)cc3C)CC2)cc1. The molecule has 0 bridgehead atoms. The molecule has 1 saturated heterocycles. The summed E-state index contributed by atoms with van der Waals surface area (Å²) in [6.45, 7) is 9.03. The number of nitrogens with one attached hydrogen (secondary N) is 3. The quantitative estimate of drug-likeness (QED) is 0.646. The number of rotatable bonds is 6. The molecule has 1 aliphatic heterocycles. The van der Waals surface area contributed by atoms with Crippen LogP contribution in [-0.4, -0.2) is 66.9 Å². The third kappa shape index (κ3) is 7.18. The first kappa shape index (κ1) is 23.4. The van der Waals surface area contributed by atoms with Crippen molar-refractivity contribution in [2.75, 3.05) is 49.9 Å². The molecule has 0 aromatic heterocycles. The van der Waals surface area contributed by atoms with Gasteiger partial charge in [-0.2, -0.15) is 0 Å². The van der Waals surface area contributed by atoms with Crippen molar-refractivity contribution < 1.29 is 14.4 Å². The maximum atomic E-state index is 12.3. The highest BCUT2D eigenvalue weighted by Gasteiger charge is 2.21. The van der Waals surface area contributed by atoms with Crippen molar-refractivity contribution in [1.29, 1.82) is 0 Å². The third-order valence-corrected chi connectivity index (χ3v) is 5.42. The summed E-state index contributed by atoms with van der Waals surface area (Å²) in [7, 11) is 0. The summed E-state index contributed by atoms with van der Waals surface area (Å²) in [5.41, 5.74) is 4.66. The highest BCUT2D eigenvalue weighted by molar-refractivity contribution is 6.02. The van der Waals surface area contributed by atoms with E-state index < -0.39 is 6.03 Å². The van der Waals surface area contributed by atoms with E-state index in [1.54, 1.807) is 0 Å². The lowest BCUT2D eigenvalue weighted by molar-refractivity contribution is -0.122. The van der Waals surface area contributed by atoms with Crippen LogP contribution in [0.25, 0.3) is 0 Å². The highest BCUT2D eigenvalue weighted by Crippen LogP contribution is 2.15. The summed E-state index contributed by atoms with van der Waals surface area (Å²) in [5, 5.41) is 8.00. The average molecular weight is 438 g/mol. The van der Waals surface area contributed by atoms with Gasteiger partial charge in [-0.05, 0) is 44.5 Å². The number of imide groups is 1. The van der Waals surface area contributed by atoms with Crippen LogP contribution in [-0.2, 0) is 9.59 Å². The number of anilines is 2. The van der Waals surface area contributed by atoms with Gasteiger partial charge in [0.2, 0.25) is 11.8 Å². The molecule has 0 spiro atoms. The first-order valence-corrected chi connectivity index (χ1v) is 10.8. The van der Waals surface area contributed by atoms with E-state index in [-0.39, 0.29) is 18.4 Å². The van der Waals surface area contributed by atoms with Crippen LogP contribution in [0, 0.1) is 20.8 Å². The summed E-state index contributed by atoms with van der Waals surface area (Å²) < 4.78 is 0. The van der Waals surface area contributed by atoms with Crippen molar-refractivity contribution in [1.82, 2.24) is 15.1 Å². The molecule has 2 aromatic carbocycles. The lowest BCUT2D eigenvalue weighted by Crippen LogP contribution is -2.51. The van der Waals surface area contributed by atoms with Crippen LogP contribution in [0.2, 0.25) is 0 Å². The zero-order valence-electron chi connectivity index (χ0n) is 18.9. The zero-order valence-corrected chi connectivity index (χ0v) is 18.9.